The summed E-state index contributed by atoms with van der Waals surface area (Å²) in [5, 5.41) is 3.64. The molecule has 1 N–H and O–H groups in total. The molecular formula is C16H32N2. The average Bonchev–Trinajstić information content (AvgIpc) is 2.42. The second kappa shape index (κ2) is 6.91. The highest BCUT2D eigenvalue weighted by Gasteiger charge is 2.34. The zero-order chi connectivity index (χ0) is 12.8. The van der Waals surface area contributed by atoms with E-state index in [1.807, 2.05) is 0 Å². The van der Waals surface area contributed by atoms with Crippen LogP contribution in [0.3, 0.4) is 0 Å². The van der Waals surface area contributed by atoms with Gasteiger partial charge in [-0.05, 0) is 57.0 Å². The van der Waals surface area contributed by atoms with Gasteiger partial charge in [0.2, 0.25) is 0 Å². The average molecular weight is 252 g/mol. The lowest BCUT2D eigenvalue weighted by Crippen LogP contribution is -2.51. The Balaban J connectivity index is 1.95. The first kappa shape index (κ1) is 14.3. The van der Waals surface area contributed by atoms with E-state index in [1.54, 1.807) is 0 Å². The quantitative estimate of drug-likeness (QED) is 0.806. The Bertz CT molecular complexity index is 231. The number of rotatable bonds is 5. The van der Waals surface area contributed by atoms with Crippen LogP contribution in [0.1, 0.15) is 65.2 Å². The Labute approximate surface area is 114 Å². The second-order valence-electron chi connectivity index (χ2n) is 6.54. The Hall–Kier alpha value is -0.0800. The van der Waals surface area contributed by atoms with Gasteiger partial charge in [0.1, 0.15) is 0 Å². The molecule has 2 saturated heterocycles. The van der Waals surface area contributed by atoms with Gasteiger partial charge in [-0.25, -0.2) is 0 Å². The highest BCUT2D eigenvalue weighted by atomic mass is 15.2. The molecule has 2 aliphatic heterocycles. The summed E-state index contributed by atoms with van der Waals surface area (Å²) < 4.78 is 0. The molecule has 2 heterocycles. The van der Waals surface area contributed by atoms with Crippen LogP contribution >= 0.6 is 0 Å². The first-order chi connectivity index (χ1) is 8.79. The van der Waals surface area contributed by atoms with Gasteiger partial charge in [-0.3, -0.25) is 4.90 Å². The lowest BCUT2D eigenvalue weighted by Gasteiger charge is -2.45. The molecular weight excluding hydrogens is 220 g/mol. The van der Waals surface area contributed by atoms with E-state index in [0.29, 0.717) is 5.41 Å². The highest BCUT2D eigenvalue weighted by molar-refractivity contribution is 4.90. The Morgan fingerprint density at radius 3 is 2.78 bits per heavy atom. The molecule has 0 radical (unpaired) electrons. The van der Waals surface area contributed by atoms with E-state index in [4.69, 9.17) is 0 Å². The van der Waals surface area contributed by atoms with Crippen LogP contribution in [-0.4, -0.2) is 37.1 Å². The Kier molecular flexibility index (Phi) is 5.50. The van der Waals surface area contributed by atoms with Crippen molar-refractivity contribution < 1.29 is 0 Å². The molecule has 2 heteroatoms. The van der Waals surface area contributed by atoms with Crippen LogP contribution in [0.2, 0.25) is 0 Å². The summed E-state index contributed by atoms with van der Waals surface area (Å²) in [6.45, 7) is 9.92. The SMILES string of the molecule is CCCC1CCCCN1CC1(CC)CCCNC1. The molecule has 2 fully saturated rings. The zero-order valence-corrected chi connectivity index (χ0v) is 12.5. The van der Waals surface area contributed by atoms with Gasteiger partial charge < -0.3 is 5.32 Å². The largest absolute Gasteiger partial charge is 0.316 e. The van der Waals surface area contributed by atoms with Crippen molar-refractivity contribution in [2.24, 2.45) is 5.41 Å². The maximum Gasteiger partial charge on any atom is 0.00954 e. The normalized spacial score (nSPS) is 34.7. The minimum Gasteiger partial charge on any atom is -0.316 e. The van der Waals surface area contributed by atoms with Gasteiger partial charge in [-0.15, -0.1) is 0 Å². The number of piperidine rings is 2. The Morgan fingerprint density at radius 1 is 1.22 bits per heavy atom. The topological polar surface area (TPSA) is 15.3 Å². The molecule has 2 nitrogen and oxygen atoms in total. The standard InChI is InChI=1S/C16H32N2/c1-3-8-15-9-5-6-12-18(15)14-16(4-2)10-7-11-17-13-16/h15,17H,3-14H2,1-2H3. The third kappa shape index (κ3) is 3.48. The van der Waals surface area contributed by atoms with E-state index in [9.17, 15) is 0 Å². The summed E-state index contributed by atoms with van der Waals surface area (Å²) in [7, 11) is 0. The fraction of sp³-hybridized carbons (Fsp3) is 1.00. The maximum absolute atomic E-state index is 3.64. The second-order valence-corrected chi connectivity index (χ2v) is 6.54. The molecule has 0 aliphatic carbocycles. The van der Waals surface area contributed by atoms with Crippen LogP contribution in [0, 0.1) is 5.41 Å². The third-order valence-corrected chi connectivity index (χ3v) is 5.22. The van der Waals surface area contributed by atoms with E-state index in [-0.39, 0.29) is 0 Å². The first-order valence-corrected chi connectivity index (χ1v) is 8.24. The molecule has 2 rings (SSSR count). The molecule has 0 spiro atoms. The monoisotopic (exact) mass is 252 g/mol. The highest BCUT2D eigenvalue weighted by Crippen LogP contribution is 2.33. The summed E-state index contributed by atoms with van der Waals surface area (Å²) in [6, 6.07) is 0.883. The number of nitrogens with zero attached hydrogens (tertiary/aromatic N) is 1. The molecule has 2 unspecified atom stereocenters. The van der Waals surface area contributed by atoms with Crippen molar-refractivity contribution in [3.63, 3.8) is 0 Å². The fourth-order valence-corrected chi connectivity index (χ4v) is 3.94. The molecule has 0 amide bonds. The van der Waals surface area contributed by atoms with Gasteiger partial charge in [0.25, 0.3) is 0 Å². The first-order valence-electron chi connectivity index (χ1n) is 8.24. The van der Waals surface area contributed by atoms with Crippen molar-refractivity contribution in [1.29, 1.82) is 0 Å². The van der Waals surface area contributed by atoms with Crippen molar-refractivity contribution in [1.82, 2.24) is 10.2 Å². The van der Waals surface area contributed by atoms with Crippen LogP contribution in [0.25, 0.3) is 0 Å². The van der Waals surface area contributed by atoms with Crippen LogP contribution in [0.15, 0.2) is 0 Å². The van der Waals surface area contributed by atoms with E-state index >= 15 is 0 Å². The molecule has 0 aromatic carbocycles. The van der Waals surface area contributed by atoms with Crippen molar-refractivity contribution in [2.45, 2.75) is 71.3 Å². The summed E-state index contributed by atoms with van der Waals surface area (Å²) in [5.41, 5.74) is 0.571. The molecule has 106 valence electrons. The number of hydrogen-bond acceptors (Lipinski definition) is 2. The molecule has 0 bridgehead atoms. The lowest BCUT2D eigenvalue weighted by molar-refractivity contribution is 0.0568. The van der Waals surface area contributed by atoms with E-state index in [2.05, 4.69) is 24.1 Å². The van der Waals surface area contributed by atoms with Gasteiger partial charge in [-0.1, -0.05) is 26.7 Å². The van der Waals surface area contributed by atoms with Crippen molar-refractivity contribution in [3.05, 3.63) is 0 Å². The van der Waals surface area contributed by atoms with Gasteiger partial charge in [0, 0.05) is 19.1 Å². The smallest absolute Gasteiger partial charge is 0.00954 e. The van der Waals surface area contributed by atoms with Crippen molar-refractivity contribution >= 4 is 0 Å². The molecule has 0 saturated carbocycles. The van der Waals surface area contributed by atoms with Gasteiger partial charge >= 0.3 is 0 Å². The number of nitrogens with one attached hydrogen (secondary N) is 1. The van der Waals surface area contributed by atoms with E-state index < -0.39 is 0 Å². The van der Waals surface area contributed by atoms with Crippen molar-refractivity contribution in [3.8, 4) is 0 Å². The molecule has 2 atom stereocenters. The molecule has 0 aromatic rings. The number of hydrogen-bond donors (Lipinski definition) is 1. The fourth-order valence-electron chi connectivity index (χ4n) is 3.94. The minimum absolute atomic E-state index is 0.571. The summed E-state index contributed by atoms with van der Waals surface area (Å²) in [6.07, 6.45) is 11.2. The predicted octanol–water partition coefficient (Wildman–Crippen LogP) is 3.42. The summed E-state index contributed by atoms with van der Waals surface area (Å²) in [4.78, 5) is 2.84. The van der Waals surface area contributed by atoms with E-state index in [1.165, 1.54) is 77.5 Å². The minimum atomic E-state index is 0.571. The zero-order valence-electron chi connectivity index (χ0n) is 12.5. The van der Waals surface area contributed by atoms with Crippen LogP contribution < -0.4 is 5.32 Å². The van der Waals surface area contributed by atoms with Crippen molar-refractivity contribution in [2.75, 3.05) is 26.2 Å². The third-order valence-electron chi connectivity index (χ3n) is 5.22. The van der Waals surface area contributed by atoms with Gasteiger partial charge in [-0.2, -0.15) is 0 Å². The summed E-state index contributed by atoms with van der Waals surface area (Å²) in [5.74, 6) is 0. The molecule has 2 aliphatic rings. The molecule has 0 aromatic heterocycles. The van der Waals surface area contributed by atoms with Gasteiger partial charge in [0.05, 0.1) is 0 Å². The summed E-state index contributed by atoms with van der Waals surface area (Å²) >= 11 is 0. The maximum atomic E-state index is 3.64. The van der Waals surface area contributed by atoms with Crippen LogP contribution in [-0.2, 0) is 0 Å². The molecule has 18 heavy (non-hydrogen) atoms. The van der Waals surface area contributed by atoms with Crippen LogP contribution in [0.5, 0.6) is 0 Å². The number of likely N-dealkylation sites (tertiary alicyclic amines) is 1. The van der Waals surface area contributed by atoms with E-state index in [0.717, 1.165) is 6.04 Å². The Morgan fingerprint density at radius 2 is 2.11 bits per heavy atom. The van der Waals surface area contributed by atoms with Gasteiger partial charge in [0.15, 0.2) is 0 Å². The van der Waals surface area contributed by atoms with Crippen LogP contribution in [0.4, 0.5) is 0 Å². The lowest BCUT2D eigenvalue weighted by atomic mass is 9.77. The predicted molar refractivity (Wildman–Crippen MR) is 78.9 cm³/mol.